The Bertz CT molecular complexity index is 1090. The molecule has 4 rings (SSSR count). The number of nitrogens with one attached hydrogen (secondary N) is 1. The Morgan fingerprint density at radius 1 is 1.06 bits per heavy atom. The molecule has 1 unspecified atom stereocenters. The van der Waals surface area contributed by atoms with Crippen LogP contribution < -0.4 is 5.32 Å². The van der Waals surface area contributed by atoms with Crippen LogP contribution in [0.25, 0.3) is 11.0 Å². The number of nitrogens with zero attached hydrogens (tertiary/aromatic N) is 4. The Balaban J connectivity index is 1.63. The maximum atomic E-state index is 11.8. The summed E-state index contributed by atoms with van der Waals surface area (Å²) in [5.74, 6) is -1.31. The lowest BCUT2D eigenvalue weighted by atomic mass is 10.1. The number of carbonyl (C=O) groups is 3. The Morgan fingerprint density at radius 2 is 1.71 bits per heavy atom. The molecule has 1 aliphatic carbocycles. The molecule has 0 spiro atoms. The summed E-state index contributed by atoms with van der Waals surface area (Å²) in [6.45, 7) is 3.66. The molecule has 13 heteroatoms. The van der Waals surface area contributed by atoms with Gasteiger partial charge in [0.1, 0.15) is 11.9 Å². The van der Waals surface area contributed by atoms with Gasteiger partial charge in [0.25, 0.3) is 0 Å². The van der Waals surface area contributed by atoms with Crippen molar-refractivity contribution in [3.05, 3.63) is 11.5 Å². The number of esters is 3. The summed E-state index contributed by atoms with van der Waals surface area (Å²) in [5.41, 5.74) is 0.450. The SMILES string of the molecule is CC(=O)OC1O[C@H](Cn2ncc3c(NC4CCCC4)nc(Cl)nc32)[C@H](OC(C)=O)[C@@H]1OC(C)=O. The minimum Gasteiger partial charge on any atom is -0.455 e. The van der Waals surface area contributed by atoms with Crippen molar-refractivity contribution in [2.75, 3.05) is 5.32 Å². The van der Waals surface area contributed by atoms with E-state index in [4.69, 9.17) is 30.5 Å². The first-order valence-electron chi connectivity index (χ1n) is 11.0. The number of halogens is 1. The van der Waals surface area contributed by atoms with Gasteiger partial charge in [-0.05, 0) is 24.4 Å². The maximum Gasteiger partial charge on any atom is 0.305 e. The molecule has 2 aromatic heterocycles. The molecule has 0 radical (unpaired) electrons. The fraction of sp³-hybridized carbons (Fsp3) is 0.619. The van der Waals surface area contributed by atoms with Gasteiger partial charge in [0.05, 0.1) is 18.1 Å². The summed E-state index contributed by atoms with van der Waals surface area (Å²) < 4.78 is 23.2. The largest absolute Gasteiger partial charge is 0.455 e. The Morgan fingerprint density at radius 3 is 2.35 bits per heavy atom. The van der Waals surface area contributed by atoms with Crippen molar-refractivity contribution >= 4 is 46.4 Å². The van der Waals surface area contributed by atoms with E-state index < -0.39 is 42.5 Å². The van der Waals surface area contributed by atoms with Crippen LogP contribution in [0.2, 0.25) is 5.28 Å². The monoisotopic (exact) mass is 495 g/mol. The number of anilines is 1. The molecule has 1 N–H and O–H groups in total. The van der Waals surface area contributed by atoms with E-state index in [0.717, 1.165) is 25.7 Å². The molecule has 184 valence electrons. The summed E-state index contributed by atoms with van der Waals surface area (Å²) >= 11 is 6.19. The molecule has 1 aliphatic heterocycles. The fourth-order valence-corrected chi connectivity index (χ4v) is 4.52. The van der Waals surface area contributed by atoms with E-state index in [-0.39, 0.29) is 11.8 Å². The third-order valence-electron chi connectivity index (χ3n) is 5.67. The molecule has 34 heavy (non-hydrogen) atoms. The number of carbonyl (C=O) groups excluding carboxylic acids is 3. The quantitative estimate of drug-likeness (QED) is 0.342. The molecular weight excluding hydrogens is 470 g/mol. The van der Waals surface area contributed by atoms with E-state index in [9.17, 15) is 14.4 Å². The maximum absolute atomic E-state index is 11.8. The highest BCUT2D eigenvalue weighted by Gasteiger charge is 2.51. The standard InChI is InChI=1S/C21H26ClN5O7/c1-10(28)31-16-15(34-20(33-12(3)30)17(16)32-11(2)29)9-27-19-14(8-23-27)18(25-21(22)26-19)24-13-6-4-5-7-13/h8,13,15-17,20H,4-7,9H2,1-3H3,(H,24,25,26)/t15-,16+,17+,20?/m1/s1. The Hall–Kier alpha value is -2.99. The van der Waals surface area contributed by atoms with Crippen LogP contribution in [0.1, 0.15) is 46.5 Å². The number of ether oxygens (including phenoxy) is 4. The van der Waals surface area contributed by atoms with Crippen LogP contribution in [-0.2, 0) is 39.9 Å². The molecule has 0 amide bonds. The predicted octanol–water partition coefficient (Wildman–Crippen LogP) is 1.99. The first-order valence-corrected chi connectivity index (χ1v) is 11.4. The summed E-state index contributed by atoms with van der Waals surface area (Å²) in [5, 5.41) is 8.54. The third-order valence-corrected chi connectivity index (χ3v) is 5.84. The summed E-state index contributed by atoms with van der Waals surface area (Å²) in [7, 11) is 0. The fourth-order valence-electron chi connectivity index (χ4n) is 4.35. The second-order valence-electron chi connectivity index (χ2n) is 8.33. The number of hydrogen-bond acceptors (Lipinski definition) is 11. The Kier molecular flexibility index (Phi) is 7.17. The zero-order chi connectivity index (χ0) is 24.4. The molecule has 1 saturated carbocycles. The van der Waals surface area contributed by atoms with Crippen molar-refractivity contribution < 1.29 is 33.3 Å². The number of aromatic nitrogens is 4. The van der Waals surface area contributed by atoms with Crippen LogP contribution in [-0.4, -0.2) is 68.3 Å². The molecule has 4 atom stereocenters. The molecular formula is C21H26ClN5O7. The van der Waals surface area contributed by atoms with Crippen molar-refractivity contribution in [3.63, 3.8) is 0 Å². The zero-order valence-corrected chi connectivity index (χ0v) is 19.8. The zero-order valence-electron chi connectivity index (χ0n) is 19.0. The molecule has 0 bridgehead atoms. The number of fused-ring (bicyclic) bond motifs is 1. The van der Waals surface area contributed by atoms with Gasteiger partial charge in [-0.1, -0.05) is 12.8 Å². The van der Waals surface area contributed by atoms with E-state index in [2.05, 4.69) is 20.4 Å². The van der Waals surface area contributed by atoms with Crippen LogP contribution in [0.3, 0.4) is 0 Å². The second-order valence-corrected chi connectivity index (χ2v) is 8.67. The van der Waals surface area contributed by atoms with Crippen LogP contribution in [0.4, 0.5) is 5.82 Å². The molecule has 12 nitrogen and oxygen atoms in total. The number of rotatable bonds is 7. The molecule has 1 saturated heterocycles. The first-order chi connectivity index (χ1) is 16.2. The summed E-state index contributed by atoms with van der Waals surface area (Å²) in [6, 6.07) is 0.304. The van der Waals surface area contributed by atoms with Crippen molar-refractivity contribution in [3.8, 4) is 0 Å². The lowest BCUT2D eigenvalue weighted by molar-refractivity contribution is -0.195. The van der Waals surface area contributed by atoms with Gasteiger partial charge in [0.15, 0.2) is 11.8 Å². The molecule has 2 fully saturated rings. The lowest BCUT2D eigenvalue weighted by Gasteiger charge is -2.23. The average Bonchev–Trinajstić information content (AvgIpc) is 3.45. The molecule has 0 aromatic carbocycles. The van der Waals surface area contributed by atoms with Crippen LogP contribution in [0.15, 0.2) is 6.20 Å². The Labute approximate surface area is 200 Å². The van der Waals surface area contributed by atoms with Gasteiger partial charge in [-0.3, -0.25) is 14.4 Å². The average molecular weight is 496 g/mol. The van der Waals surface area contributed by atoms with E-state index in [1.807, 2.05) is 0 Å². The highest BCUT2D eigenvalue weighted by atomic mass is 35.5. The smallest absolute Gasteiger partial charge is 0.305 e. The van der Waals surface area contributed by atoms with Gasteiger partial charge in [-0.25, -0.2) is 4.68 Å². The minimum absolute atomic E-state index is 0.0488. The van der Waals surface area contributed by atoms with Crippen LogP contribution in [0.5, 0.6) is 0 Å². The van der Waals surface area contributed by atoms with Gasteiger partial charge in [0.2, 0.25) is 17.7 Å². The molecule has 2 aromatic rings. The third kappa shape index (κ3) is 5.39. The highest BCUT2D eigenvalue weighted by molar-refractivity contribution is 6.28. The van der Waals surface area contributed by atoms with Gasteiger partial charge in [0, 0.05) is 26.8 Å². The summed E-state index contributed by atoms with van der Waals surface area (Å²) in [4.78, 5) is 43.7. The number of hydrogen-bond donors (Lipinski definition) is 1. The highest BCUT2D eigenvalue weighted by Crippen LogP contribution is 2.31. The van der Waals surface area contributed by atoms with Crippen molar-refractivity contribution in [1.29, 1.82) is 0 Å². The van der Waals surface area contributed by atoms with Gasteiger partial charge >= 0.3 is 17.9 Å². The normalized spacial score (nSPS) is 24.8. The molecule has 2 aliphatic rings. The van der Waals surface area contributed by atoms with Gasteiger partial charge in [-0.15, -0.1) is 0 Å². The van der Waals surface area contributed by atoms with E-state index >= 15 is 0 Å². The van der Waals surface area contributed by atoms with E-state index in [1.54, 1.807) is 6.20 Å². The van der Waals surface area contributed by atoms with E-state index in [1.165, 1.54) is 25.5 Å². The van der Waals surface area contributed by atoms with Gasteiger partial charge < -0.3 is 24.3 Å². The van der Waals surface area contributed by atoms with Gasteiger partial charge in [-0.2, -0.15) is 15.1 Å². The van der Waals surface area contributed by atoms with E-state index in [0.29, 0.717) is 22.9 Å². The topological polar surface area (TPSA) is 144 Å². The predicted molar refractivity (Wildman–Crippen MR) is 118 cm³/mol. The van der Waals surface area contributed by atoms with Crippen molar-refractivity contribution in [2.24, 2.45) is 0 Å². The van der Waals surface area contributed by atoms with Crippen molar-refractivity contribution in [1.82, 2.24) is 19.7 Å². The summed E-state index contributed by atoms with van der Waals surface area (Å²) in [6.07, 6.45) is 1.72. The second kappa shape index (κ2) is 10.1. The minimum atomic E-state index is -1.25. The first kappa shape index (κ1) is 24.1. The van der Waals surface area contributed by atoms with Crippen molar-refractivity contribution in [2.45, 2.75) is 83.6 Å². The van der Waals surface area contributed by atoms with Crippen LogP contribution >= 0.6 is 11.6 Å². The lowest BCUT2D eigenvalue weighted by Crippen LogP contribution is -2.41. The molecule has 3 heterocycles. The van der Waals surface area contributed by atoms with Crippen LogP contribution in [0, 0.1) is 0 Å².